The van der Waals surface area contributed by atoms with Crippen molar-refractivity contribution in [2.45, 2.75) is 46.0 Å². The van der Waals surface area contributed by atoms with E-state index in [1.807, 2.05) is 0 Å². The van der Waals surface area contributed by atoms with Gasteiger partial charge in [-0.05, 0) is 44.1 Å². The molecule has 2 aliphatic carbocycles. The summed E-state index contributed by atoms with van der Waals surface area (Å²) in [7, 11) is 2.19. The molecule has 0 radical (unpaired) electrons. The lowest BCUT2D eigenvalue weighted by atomic mass is 9.74. The van der Waals surface area contributed by atoms with Gasteiger partial charge in [0.2, 0.25) is 0 Å². The molecule has 0 N–H and O–H groups in total. The zero-order chi connectivity index (χ0) is 12.4. The SMILES string of the molecule is CC1CC(=O)C(CN(C)CC2CCC2)C(C)C1. The highest BCUT2D eigenvalue weighted by atomic mass is 16.1. The second-order valence-corrected chi connectivity index (χ2v) is 6.61. The number of carbonyl (C=O) groups excluding carboxylic acids is 1. The first-order valence-electron chi connectivity index (χ1n) is 7.27. The Kier molecular flexibility index (Phi) is 4.24. The molecule has 2 fully saturated rings. The van der Waals surface area contributed by atoms with Gasteiger partial charge in [-0.2, -0.15) is 0 Å². The first-order valence-corrected chi connectivity index (χ1v) is 7.27. The van der Waals surface area contributed by atoms with E-state index >= 15 is 0 Å². The Bertz CT molecular complexity index is 272. The Balaban J connectivity index is 1.81. The number of nitrogens with zero attached hydrogens (tertiary/aromatic N) is 1. The molecule has 2 saturated carbocycles. The molecule has 2 aliphatic rings. The number of hydrogen-bond donors (Lipinski definition) is 0. The number of rotatable bonds is 4. The van der Waals surface area contributed by atoms with Crippen LogP contribution in [0.1, 0.15) is 46.0 Å². The van der Waals surface area contributed by atoms with Gasteiger partial charge in [0.1, 0.15) is 5.78 Å². The molecule has 0 amide bonds. The van der Waals surface area contributed by atoms with Crippen LogP contribution in [0.2, 0.25) is 0 Å². The van der Waals surface area contributed by atoms with Crippen molar-refractivity contribution in [2.24, 2.45) is 23.7 Å². The van der Waals surface area contributed by atoms with E-state index < -0.39 is 0 Å². The standard InChI is InChI=1S/C15H27NO/c1-11-7-12(2)14(15(17)8-11)10-16(3)9-13-5-4-6-13/h11-14H,4-10H2,1-3H3. The van der Waals surface area contributed by atoms with Gasteiger partial charge in [0.25, 0.3) is 0 Å². The molecule has 3 atom stereocenters. The van der Waals surface area contributed by atoms with Crippen LogP contribution >= 0.6 is 0 Å². The normalized spacial score (nSPS) is 35.1. The predicted molar refractivity (Wildman–Crippen MR) is 70.9 cm³/mol. The molecule has 0 heterocycles. The fourth-order valence-corrected chi connectivity index (χ4v) is 3.50. The minimum Gasteiger partial charge on any atom is -0.305 e. The summed E-state index contributed by atoms with van der Waals surface area (Å²) in [6, 6.07) is 0. The highest BCUT2D eigenvalue weighted by Crippen LogP contribution is 2.32. The molecule has 0 spiro atoms. The molecule has 0 aromatic heterocycles. The molecule has 0 bridgehead atoms. The van der Waals surface area contributed by atoms with Crippen molar-refractivity contribution in [3.8, 4) is 0 Å². The van der Waals surface area contributed by atoms with Gasteiger partial charge in [0, 0.05) is 25.4 Å². The summed E-state index contributed by atoms with van der Waals surface area (Å²) in [5.74, 6) is 2.90. The fraction of sp³-hybridized carbons (Fsp3) is 0.933. The number of ketones is 1. The first-order chi connectivity index (χ1) is 8.06. The molecule has 17 heavy (non-hydrogen) atoms. The minimum absolute atomic E-state index is 0.302. The van der Waals surface area contributed by atoms with Gasteiger partial charge in [0.15, 0.2) is 0 Å². The number of hydrogen-bond acceptors (Lipinski definition) is 2. The molecule has 0 aliphatic heterocycles. The maximum absolute atomic E-state index is 12.1. The average Bonchev–Trinajstić information content (AvgIpc) is 2.17. The van der Waals surface area contributed by atoms with E-state index in [-0.39, 0.29) is 0 Å². The topological polar surface area (TPSA) is 20.3 Å². The van der Waals surface area contributed by atoms with Crippen LogP contribution in [-0.4, -0.2) is 30.8 Å². The van der Waals surface area contributed by atoms with E-state index in [9.17, 15) is 4.79 Å². The summed E-state index contributed by atoms with van der Waals surface area (Å²) in [6.45, 7) is 6.66. The lowest BCUT2D eigenvalue weighted by molar-refractivity contribution is -0.128. The van der Waals surface area contributed by atoms with Gasteiger partial charge in [0.05, 0.1) is 0 Å². The maximum atomic E-state index is 12.1. The summed E-state index contributed by atoms with van der Waals surface area (Å²) in [6.07, 6.45) is 6.25. The Hall–Kier alpha value is -0.370. The molecule has 98 valence electrons. The number of Topliss-reactive ketones (excluding diaryl/α,β-unsaturated/α-hetero) is 1. The Morgan fingerprint density at radius 1 is 1.24 bits per heavy atom. The summed E-state index contributed by atoms with van der Waals surface area (Å²) < 4.78 is 0. The smallest absolute Gasteiger partial charge is 0.137 e. The molecule has 2 rings (SSSR count). The van der Waals surface area contributed by atoms with Crippen molar-refractivity contribution in [1.82, 2.24) is 4.90 Å². The molecule has 0 aromatic carbocycles. The van der Waals surface area contributed by atoms with E-state index in [1.165, 1.54) is 32.2 Å². The van der Waals surface area contributed by atoms with Crippen molar-refractivity contribution in [3.05, 3.63) is 0 Å². The lowest BCUT2D eigenvalue weighted by Gasteiger charge is -2.36. The fourth-order valence-electron chi connectivity index (χ4n) is 3.50. The highest BCUT2D eigenvalue weighted by Gasteiger charge is 2.33. The summed E-state index contributed by atoms with van der Waals surface area (Å²) in [4.78, 5) is 14.5. The molecular weight excluding hydrogens is 210 g/mol. The Morgan fingerprint density at radius 3 is 2.47 bits per heavy atom. The molecule has 2 heteroatoms. The quantitative estimate of drug-likeness (QED) is 0.749. The van der Waals surface area contributed by atoms with Crippen LogP contribution in [0.25, 0.3) is 0 Å². The van der Waals surface area contributed by atoms with Crippen molar-refractivity contribution in [1.29, 1.82) is 0 Å². The van der Waals surface area contributed by atoms with Crippen molar-refractivity contribution in [2.75, 3.05) is 20.1 Å². The largest absolute Gasteiger partial charge is 0.305 e. The summed E-state index contributed by atoms with van der Waals surface area (Å²) in [5.41, 5.74) is 0. The average molecular weight is 237 g/mol. The minimum atomic E-state index is 0.302. The van der Waals surface area contributed by atoms with Gasteiger partial charge >= 0.3 is 0 Å². The number of carbonyl (C=O) groups is 1. The highest BCUT2D eigenvalue weighted by molar-refractivity contribution is 5.82. The lowest BCUT2D eigenvalue weighted by Crippen LogP contribution is -2.41. The van der Waals surface area contributed by atoms with Crippen LogP contribution < -0.4 is 0 Å². The third kappa shape index (κ3) is 3.31. The summed E-state index contributed by atoms with van der Waals surface area (Å²) in [5, 5.41) is 0. The van der Waals surface area contributed by atoms with Crippen molar-refractivity contribution < 1.29 is 4.79 Å². The molecule has 0 saturated heterocycles. The van der Waals surface area contributed by atoms with Crippen LogP contribution in [0, 0.1) is 23.7 Å². The van der Waals surface area contributed by atoms with E-state index in [2.05, 4.69) is 25.8 Å². The predicted octanol–water partition coefficient (Wildman–Crippen LogP) is 2.97. The van der Waals surface area contributed by atoms with Gasteiger partial charge in [-0.3, -0.25) is 4.79 Å². The Labute approximate surface area is 106 Å². The molecular formula is C15H27NO. The van der Waals surface area contributed by atoms with E-state index in [4.69, 9.17) is 0 Å². The van der Waals surface area contributed by atoms with E-state index in [1.54, 1.807) is 0 Å². The molecule has 0 aromatic rings. The van der Waals surface area contributed by atoms with Crippen LogP contribution in [-0.2, 0) is 4.79 Å². The van der Waals surface area contributed by atoms with E-state index in [0.29, 0.717) is 23.5 Å². The van der Waals surface area contributed by atoms with Gasteiger partial charge in [-0.25, -0.2) is 0 Å². The van der Waals surface area contributed by atoms with Gasteiger partial charge in [-0.15, -0.1) is 0 Å². The second kappa shape index (κ2) is 5.51. The van der Waals surface area contributed by atoms with Gasteiger partial charge in [-0.1, -0.05) is 20.3 Å². The summed E-state index contributed by atoms with van der Waals surface area (Å²) >= 11 is 0. The van der Waals surface area contributed by atoms with Crippen LogP contribution in [0.15, 0.2) is 0 Å². The first kappa shape index (κ1) is 13.1. The monoisotopic (exact) mass is 237 g/mol. The van der Waals surface area contributed by atoms with Crippen LogP contribution in [0.5, 0.6) is 0 Å². The second-order valence-electron chi connectivity index (χ2n) is 6.61. The van der Waals surface area contributed by atoms with Crippen LogP contribution in [0.3, 0.4) is 0 Å². The van der Waals surface area contributed by atoms with Crippen molar-refractivity contribution >= 4 is 5.78 Å². The molecule has 2 nitrogen and oxygen atoms in total. The zero-order valence-electron chi connectivity index (χ0n) is 11.6. The third-order valence-electron chi connectivity index (χ3n) is 4.73. The van der Waals surface area contributed by atoms with Crippen molar-refractivity contribution in [3.63, 3.8) is 0 Å². The van der Waals surface area contributed by atoms with E-state index in [0.717, 1.165) is 18.9 Å². The van der Waals surface area contributed by atoms with Gasteiger partial charge < -0.3 is 4.90 Å². The van der Waals surface area contributed by atoms with Crippen LogP contribution in [0.4, 0.5) is 0 Å². The molecule has 3 unspecified atom stereocenters. The maximum Gasteiger partial charge on any atom is 0.137 e. The Morgan fingerprint density at radius 2 is 1.94 bits per heavy atom. The zero-order valence-corrected chi connectivity index (χ0v) is 11.6. The third-order valence-corrected chi connectivity index (χ3v) is 4.73.